The molecule has 0 heterocycles. The Kier molecular flexibility index (Phi) is 7.59. The van der Waals surface area contributed by atoms with E-state index in [1.165, 1.54) is 17.7 Å². The normalized spacial score (nSPS) is 11.1. The van der Waals surface area contributed by atoms with Gasteiger partial charge in [0, 0.05) is 17.8 Å². The summed E-state index contributed by atoms with van der Waals surface area (Å²) < 4.78 is 37.1. The SMILES string of the molecule is C=CCc1cc(CNc2cc(C)ccc2C)cc(OCC)c1OS(=O)(=O)c1ccccc1. The van der Waals surface area contributed by atoms with Crippen LogP contribution in [0.15, 0.2) is 78.2 Å². The van der Waals surface area contributed by atoms with Gasteiger partial charge in [-0.25, -0.2) is 0 Å². The van der Waals surface area contributed by atoms with E-state index in [1.54, 1.807) is 24.3 Å². The Morgan fingerprint density at radius 2 is 1.78 bits per heavy atom. The van der Waals surface area contributed by atoms with Gasteiger partial charge in [0.2, 0.25) is 0 Å². The first-order valence-corrected chi connectivity index (χ1v) is 11.9. The van der Waals surface area contributed by atoms with Crippen molar-refractivity contribution in [2.75, 3.05) is 11.9 Å². The van der Waals surface area contributed by atoms with E-state index in [-0.39, 0.29) is 10.6 Å². The molecule has 168 valence electrons. The molecule has 6 heteroatoms. The Morgan fingerprint density at radius 1 is 1.03 bits per heavy atom. The van der Waals surface area contributed by atoms with Crippen LogP contribution in [0.2, 0.25) is 0 Å². The lowest BCUT2D eigenvalue weighted by molar-refractivity contribution is 0.326. The monoisotopic (exact) mass is 451 g/mol. The highest BCUT2D eigenvalue weighted by atomic mass is 32.2. The van der Waals surface area contributed by atoms with Crippen molar-refractivity contribution in [3.8, 4) is 11.5 Å². The van der Waals surface area contributed by atoms with Gasteiger partial charge in [-0.05, 0) is 74.2 Å². The Balaban J connectivity index is 1.96. The zero-order valence-corrected chi connectivity index (χ0v) is 19.5. The number of anilines is 1. The molecule has 0 aliphatic heterocycles. The first kappa shape index (κ1) is 23.4. The molecule has 0 saturated carbocycles. The molecule has 0 radical (unpaired) electrons. The summed E-state index contributed by atoms with van der Waals surface area (Å²) >= 11 is 0. The van der Waals surface area contributed by atoms with Gasteiger partial charge in [0.15, 0.2) is 11.5 Å². The second-order valence-electron chi connectivity index (χ2n) is 7.53. The quantitative estimate of drug-likeness (QED) is 0.311. The van der Waals surface area contributed by atoms with Gasteiger partial charge >= 0.3 is 10.1 Å². The van der Waals surface area contributed by atoms with Crippen LogP contribution in [-0.2, 0) is 23.1 Å². The minimum atomic E-state index is -4.00. The third kappa shape index (κ3) is 5.71. The number of hydrogen-bond acceptors (Lipinski definition) is 5. The maximum absolute atomic E-state index is 12.9. The van der Waals surface area contributed by atoms with Gasteiger partial charge in [-0.15, -0.1) is 6.58 Å². The van der Waals surface area contributed by atoms with E-state index in [1.807, 2.05) is 19.1 Å². The second-order valence-corrected chi connectivity index (χ2v) is 9.08. The Bertz CT molecular complexity index is 1190. The number of hydrogen-bond donors (Lipinski definition) is 1. The fourth-order valence-corrected chi connectivity index (χ4v) is 4.35. The summed E-state index contributed by atoms with van der Waals surface area (Å²) in [6, 6.07) is 18.1. The Morgan fingerprint density at radius 3 is 2.47 bits per heavy atom. The molecule has 0 amide bonds. The lowest BCUT2D eigenvalue weighted by atomic mass is 10.0. The van der Waals surface area contributed by atoms with Crippen molar-refractivity contribution < 1.29 is 17.3 Å². The lowest BCUT2D eigenvalue weighted by Crippen LogP contribution is -2.13. The molecular formula is C26H29NO4S. The van der Waals surface area contributed by atoms with E-state index in [2.05, 4.69) is 43.9 Å². The molecule has 0 aliphatic carbocycles. The van der Waals surface area contributed by atoms with Crippen LogP contribution in [0.25, 0.3) is 0 Å². The molecule has 1 N–H and O–H groups in total. The van der Waals surface area contributed by atoms with Gasteiger partial charge in [0.25, 0.3) is 0 Å². The standard InChI is InChI=1S/C26H29NO4S/c1-5-10-22-16-21(18-27-24-15-19(3)13-14-20(24)4)17-25(30-6-2)26(22)31-32(28,29)23-11-8-7-9-12-23/h5,7-9,11-17,27H,1,6,10,18H2,2-4H3. The highest BCUT2D eigenvalue weighted by molar-refractivity contribution is 7.87. The molecule has 0 fully saturated rings. The van der Waals surface area contributed by atoms with Crippen molar-refractivity contribution in [3.63, 3.8) is 0 Å². The predicted octanol–water partition coefficient (Wildman–Crippen LogP) is 5.81. The summed E-state index contributed by atoms with van der Waals surface area (Å²) in [6.07, 6.45) is 2.16. The zero-order valence-electron chi connectivity index (χ0n) is 18.7. The largest absolute Gasteiger partial charge is 0.490 e. The first-order valence-electron chi connectivity index (χ1n) is 10.5. The summed E-state index contributed by atoms with van der Waals surface area (Å²) in [5.41, 5.74) is 5.04. The van der Waals surface area contributed by atoms with Crippen molar-refractivity contribution in [2.45, 2.75) is 38.6 Å². The third-order valence-electron chi connectivity index (χ3n) is 4.96. The predicted molar refractivity (Wildman–Crippen MR) is 129 cm³/mol. The molecule has 0 atom stereocenters. The van der Waals surface area contributed by atoms with Gasteiger partial charge in [-0.2, -0.15) is 8.42 Å². The van der Waals surface area contributed by atoms with E-state index >= 15 is 0 Å². The van der Waals surface area contributed by atoms with Gasteiger partial charge in [-0.1, -0.05) is 36.4 Å². The Hall–Kier alpha value is -3.25. The summed E-state index contributed by atoms with van der Waals surface area (Å²) in [5, 5.41) is 3.46. The third-order valence-corrected chi connectivity index (χ3v) is 6.19. The van der Waals surface area contributed by atoms with Crippen LogP contribution in [0.4, 0.5) is 5.69 Å². The average molecular weight is 452 g/mol. The van der Waals surface area contributed by atoms with Crippen LogP contribution < -0.4 is 14.2 Å². The Labute approximate surface area is 190 Å². The van der Waals surface area contributed by atoms with Crippen LogP contribution in [0.3, 0.4) is 0 Å². The van der Waals surface area contributed by atoms with E-state index in [9.17, 15) is 8.42 Å². The molecule has 0 aromatic heterocycles. The summed E-state index contributed by atoms with van der Waals surface area (Å²) in [4.78, 5) is 0.0904. The van der Waals surface area contributed by atoms with Crippen molar-refractivity contribution in [1.82, 2.24) is 0 Å². The molecule has 0 unspecified atom stereocenters. The molecule has 3 rings (SSSR count). The van der Waals surface area contributed by atoms with Crippen LogP contribution >= 0.6 is 0 Å². The van der Waals surface area contributed by atoms with Crippen molar-refractivity contribution in [1.29, 1.82) is 0 Å². The molecule has 0 spiro atoms. The zero-order chi connectivity index (χ0) is 23.1. The summed E-state index contributed by atoms with van der Waals surface area (Å²) in [6.45, 7) is 10.7. The molecule has 5 nitrogen and oxygen atoms in total. The second kappa shape index (κ2) is 10.4. The van der Waals surface area contributed by atoms with E-state index in [4.69, 9.17) is 8.92 Å². The van der Waals surface area contributed by atoms with Crippen molar-refractivity contribution in [3.05, 3.63) is 95.6 Å². The number of allylic oxidation sites excluding steroid dienone is 1. The summed E-state index contributed by atoms with van der Waals surface area (Å²) in [5.74, 6) is 0.593. The molecule has 3 aromatic carbocycles. The van der Waals surface area contributed by atoms with E-state index < -0.39 is 10.1 Å². The maximum Gasteiger partial charge on any atom is 0.339 e. The molecule has 0 aliphatic rings. The first-order chi connectivity index (χ1) is 15.3. The molecule has 32 heavy (non-hydrogen) atoms. The summed E-state index contributed by atoms with van der Waals surface area (Å²) in [7, 11) is -4.00. The number of ether oxygens (including phenoxy) is 1. The fourth-order valence-electron chi connectivity index (χ4n) is 3.36. The van der Waals surface area contributed by atoms with Crippen molar-refractivity contribution in [2.24, 2.45) is 0 Å². The highest BCUT2D eigenvalue weighted by Gasteiger charge is 2.22. The van der Waals surface area contributed by atoms with Crippen LogP contribution in [-0.4, -0.2) is 15.0 Å². The minimum Gasteiger partial charge on any atom is -0.490 e. The number of nitrogens with one attached hydrogen (secondary N) is 1. The van der Waals surface area contributed by atoms with Gasteiger partial charge in [0.1, 0.15) is 4.90 Å². The van der Waals surface area contributed by atoms with Crippen LogP contribution in [0.1, 0.15) is 29.2 Å². The highest BCUT2D eigenvalue weighted by Crippen LogP contribution is 2.36. The lowest BCUT2D eigenvalue weighted by Gasteiger charge is -2.18. The topological polar surface area (TPSA) is 64.6 Å². The number of benzene rings is 3. The van der Waals surface area contributed by atoms with Gasteiger partial charge < -0.3 is 14.2 Å². The van der Waals surface area contributed by atoms with Gasteiger partial charge in [-0.3, -0.25) is 0 Å². The van der Waals surface area contributed by atoms with Crippen molar-refractivity contribution >= 4 is 15.8 Å². The fraction of sp³-hybridized carbons (Fsp3) is 0.231. The van der Waals surface area contributed by atoms with Gasteiger partial charge in [0.05, 0.1) is 6.61 Å². The number of rotatable bonds is 10. The van der Waals surface area contributed by atoms with E-state index in [0.717, 1.165) is 16.8 Å². The average Bonchev–Trinajstić information content (AvgIpc) is 2.77. The minimum absolute atomic E-state index is 0.0904. The van der Waals surface area contributed by atoms with E-state index in [0.29, 0.717) is 30.9 Å². The molecule has 3 aromatic rings. The molecule has 0 saturated heterocycles. The molecule has 0 bridgehead atoms. The molecular weight excluding hydrogens is 422 g/mol. The van der Waals surface area contributed by atoms with Crippen LogP contribution in [0.5, 0.6) is 11.5 Å². The number of aryl methyl sites for hydroxylation is 2. The smallest absolute Gasteiger partial charge is 0.339 e. The maximum atomic E-state index is 12.9. The van der Waals surface area contributed by atoms with Crippen LogP contribution in [0, 0.1) is 13.8 Å².